The molecule has 0 amide bonds. The summed E-state index contributed by atoms with van der Waals surface area (Å²) in [7, 11) is 0. The third-order valence-corrected chi connectivity index (χ3v) is 4.82. The van der Waals surface area contributed by atoms with Gasteiger partial charge in [-0.2, -0.15) is 0 Å². The molecule has 0 fully saturated rings. The second kappa shape index (κ2) is 7.40. The first kappa shape index (κ1) is 15.0. The van der Waals surface area contributed by atoms with Crippen molar-refractivity contribution < 1.29 is 4.74 Å². The zero-order chi connectivity index (χ0) is 12.7. The number of hydrogen-bond acceptors (Lipinski definition) is 1. The Bertz CT molecular complexity index is 311. The van der Waals surface area contributed by atoms with Gasteiger partial charge in [-0.15, -0.1) is 0 Å². The van der Waals surface area contributed by atoms with Crippen molar-refractivity contribution in [1.29, 1.82) is 0 Å². The van der Waals surface area contributed by atoms with E-state index in [2.05, 4.69) is 29.8 Å². The van der Waals surface area contributed by atoms with Crippen LogP contribution in [-0.4, -0.2) is 11.9 Å². The minimum absolute atomic E-state index is 0.270. The van der Waals surface area contributed by atoms with Gasteiger partial charge in [-0.05, 0) is 30.5 Å². The molecule has 0 aliphatic heterocycles. The maximum Gasteiger partial charge on any atom is 0.0717 e. The molecule has 1 aromatic carbocycles. The molecular formula is C14H20BrClO. The molecule has 0 N–H and O–H groups in total. The van der Waals surface area contributed by atoms with Crippen LogP contribution in [0.25, 0.3) is 0 Å². The van der Waals surface area contributed by atoms with E-state index in [0.717, 1.165) is 29.8 Å². The fourth-order valence-electron chi connectivity index (χ4n) is 1.65. The lowest BCUT2D eigenvalue weighted by atomic mass is 9.86. The Kier molecular flexibility index (Phi) is 6.53. The lowest BCUT2D eigenvalue weighted by molar-refractivity contribution is 0.0413. The molecule has 0 saturated heterocycles. The van der Waals surface area contributed by atoms with Crippen LogP contribution in [0.5, 0.6) is 0 Å². The smallest absolute Gasteiger partial charge is 0.0717 e. The predicted molar refractivity (Wildman–Crippen MR) is 77.9 cm³/mol. The van der Waals surface area contributed by atoms with Crippen molar-refractivity contribution in [3.8, 4) is 0 Å². The molecule has 0 radical (unpaired) electrons. The monoisotopic (exact) mass is 318 g/mol. The van der Waals surface area contributed by atoms with Crippen LogP contribution >= 0.6 is 27.5 Å². The van der Waals surface area contributed by atoms with Crippen molar-refractivity contribution in [3.05, 3.63) is 34.9 Å². The molecule has 1 nitrogen and oxygen atoms in total. The predicted octanol–water partition coefficient (Wildman–Crippen LogP) is 5.06. The van der Waals surface area contributed by atoms with Gasteiger partial charge in [0.05, 0.1) is 13.2 Å². The van der Waals surface area contributed by atoms with Gasteiger partial charge in [-0.3, -0.25) is 0 Å². The van der Waals surface area contributed by atoms with Crippen LogP contribution in [0.1, 0.15) is 32.3 Å². The van der Waals surface area contributed by atoms with Gasteiger partial charge in [0.25, 0.3) is 0 Å². The van der Waals surface area contributed by atoms with Crippen molar-refractivity contribution in [2.45, 2.75) is 33.3 Å². The van der Waals surface area contributed by atoms with E-state index in [1.165, 1.54) is 5.56 Å². The summed E-state index contributed by atoms with van der Waals surface area (Å²) in [6, 6.07) is 7.82. The summed E-state index contributed by atoms with van der Waals surface area (Å²) >= 11 is 9.43. The van der Waals surface area contributed by atoms with E-state index in [0.29, 0.717) is 6.61 Å². The highest BCUT2D eigenvalue weighted by Crippen LogP contribution is 2.29. The molecule has 0 heterocycles. The molecule has 0 aliphatic rings. The Morgan fingerprint density at radius 1 is 1.18 bits per heavy atom. The topological polar surface area (TPSA) is 9.23 Å². The highest BCUT2D eigenvalue weighted by Gasteiger charge is 2.24. The molecule has 1 aromatic rings. The molecule has 0 aliphatic carbocycles. The van der Waals surface area contributed by atoms with Crippen molar-refractivity contribution in [2.75, 3.05) is 11.9 Å². The van der Waals surface area contributed by atoms with Gasteiger partial charge in [0.2, 0.25) is 0 Å². The van der Waals surface area contributed by atoms with Gasteiger partial charge in [0.1, 0.15) is 0 Å². The minimum atomic E-state index is 0.270. The van der Waals surface area contributed by atoms with Gasteiger partial charge < -0.3 is 4.74 Å². The van der Waals surface area contributed by atoms with Crippen LogP contribution in [0.2, 0.25) is 5.02 Å². The van der Waals surface area contributed by atoms with E-state index >= 15 is 0 Å². The van der Waals surface area contributed by atoms with Gasteiger partial charge in [0.15, 0.2) is 0 Å². The number of benzene rings is 1. The maximum absolute atomic E-state index is 5.84. The Morgan fingerprint density at radius 3 is 2.24 bits per heavy atom. The number of ether oxygens (including phenoxy) is 1. The standard InChI is InChI=1S/C14H20BrClO/c1-3-14(4-2,10-15)11-17-9-12-5-7-13(16)8-6-12/h5-8H,3-4,9-11H2,1-2H3. The van der Waals surface area contributed by atoms with Crippen LogP contribution in [0.15, 0.2) is 24.3 Å². The highest BCUT2D eigenvalue weighted by atomic mass is 79.9. The fraction of sp³-hybridized carbons (Fsp3) is 0.571. The van der Waals surface area contributed by atoms with E-state index in [-0.39, 0.29) is 5.41 Å². The van der Waals surface area contributed by atoms with E-state index in [1.807, 2.05) is 24.3 Å². The lowest BCUT2D eigenvalue weighted by Crippen LogP contribution is -2.27. The molecule has 0 bridgehead atoms. The van der Waals surface area contributed by atoms with Crippen LogP contribution in [0.3, 0.4) is 0 Å². The summed E-state index contributed by atoms with van der Waals surface area (Å²) < 4.78 is 5.82. The molecule has 0 saturated carbocycles. The number of alkyl halides is 1. The summed E-state index contributed by atoms with van der Waals surface area (Å²) in [5.41, 5.74) is 1.44. The van der Waals surface area contributed by atoms with Crippen molar-refractivity contribution >= 4 is 27.5 Å². The SMILES string of the molecule is CCC(CC)(CBr)COCc1ccc(Cl)cc1. The van der Waals surface area contributed by atoms with Crippen LogP contribution in [0.4, 0.5) is 0 Å². The highest BCUT2D eigenvalue weighted by molar-refractivity contribution is 9.09. The molecule has 0 aromatic heterocycles. The summed E-state index contributed by atoms with van der Waals surface area (Å²) in [4.78, 5) is 0. The summed E-state index contributed by atoms with van der Waals surface area (Å²) in [5.74, 6) is 0. The van der Waals surface area contributed by atoms with Gasteiger partial charge in [-0.1, -0.05) is 53.5 Å². The van der Waals surface area contributed by atoms with Crippen molar-refractivity contribution in [1.82, 2.24) is 0 Å². The Hall–Kier alpha value is -0.0500. The van der Waals surface area contributed by atoms with Gasteiger partial charge in [0, 0.05) is 15.8 Å². The van der Waals surface area contributed by atoms with Crippen molar-refractivity contribution in [2.24, 2.45) is 5.41 Å². The zero-order valence-electron chi connectivity index (χ0n) is 10.5. The van der Waals surface area contributed by atoms with Crippen LogP contribution < -0.4 is 0 Å². The minimum Gasteiger partial charge on any atom is -0.376 e. The fourth-order valence-corrected chi connectivity index (χ4v) is 2.73. The first-order chi connectivity index (χ1) is 8.15. The average Bonchev–Trinajstić information content (AvgIpc) is 2.38. The summed E-state index contributed by atoms with van der Waals surface area (Å²) in [6.07, 6.45) is 2.27. The van der Waals surface area contributed by atoms with E-state index in [9.17, 15) is 0 Å². The summed E-state index contributed by atoms with van der Waals surface area (Å²) in [6.45, 7) is 5.90. The molecule has 3 heteroatoms. The average molecular weight is 320 g/mol. The third-order valence-electron chi connectivity index (χ3n) is 3.37. The van der Waals surface area contributed by atoms with Gasteiger partial charge in [-0.25, -0.2) is 0 Å². The molecule has 1 rings (SSSR count). The van der Waals surface area contributed by atoms with Gasteiger partial charge >= 0.3 is 0 Å². The third kappa shape index (κ3) is 4.61. The van der Waals surface area contributed by atoms with E-state index < -0.39 is 0 Å². The Labute approximate surface area is 118 Å². The molecule has 96 valence electrons. The Morgan fingerprint density at radius 2 is 1.76 bits per heavy atom. The lowest BCUT2D eigenvalue weighted by Gasteiger charge is -2.29. The molecule has 0 spiro atoms. The molecular weight excluding hydrogens is 300 g/mol. The van der Waals surface area contributed by atoms with Crippen LogP contribution in [0, 0.1) is 5.41 Å². The maximum atomic E-state index is 5.84. The first-order valence-electron chi connectivity index (χ1n) is 6.04. The second-order valence-corrected chi connectivity index (χ2v) is 5.46. The largest absolute Gasteiger partial charge is 0.376 e. The normalized spacial score (nSPS) is 11.8. The first-order valence-corrected chi connectivity index (χ1v) is 7.54. The van der Waals surface area contributed by atoms with Crippen LogP contribution in [-0.2, 0) is 11.3 Å². The van der Waals surface area contributed by atoms with E-state index in [4.69, 9.17) is 16.3 Å². The number of hydrogen-bond donors (Lipinski definition) is 0. The quantitative estimate of drug-likeness (QED) is 0.638. The Balaban J connectivity index is 2.43. The van der Waals surface area contributed by atoms with E-state index in [1.54, 1.807) is 0 Å². The molecule has 0 atom stereocenters. The number of halogens is 2. The second-order valence-electron chi connectivity index (χ2n) is 4.46. The molecule has 0 unspecified atom stereocenters. The molecule has 17 heavy (non-hydrogen) atoms. The zero-order valence-corrected chi connectivity index (χ0v) is 12.9. The van der Waals surface area contributed by atoms with Crippen molar-refractivity contribution in [3.63, 3.8) is 0 Å². The number of rotatable bonds is 7. The summed E-state index contributed by atoms with van der Waals surface area (Å²) in [5, 5.41) is 1.76.